The predicted octanol–water partition coefficient (Wildman–Crippen LogP) is -0.0255. The van der Waals surface area contributed by atoms with Gasteiger partial charge >= 0.3 is 6.03 Å². The second-order valence-corrected chi connectivity index (χ2v) is 4.03. The molecule has 6 nitrogen and oxygen atoms in total. The van der Waals surface area contributed by atoms with Crippen LogP contribution in [0.5, 0.6) is 0 Å². The number of imide groups is 1. The van der Waals surface area contributed by atoms with E-state index in [1.54, 1.807) is 6.92 Å². The van der Waals surface area contributed by atoms with Gasteiger partial charge in [0.05, 0.1) is 6.61 Å². The van der Waals surface area contributed by atoms with Crippen molar-refractivity contribution in [3.8, 4) is 0 Å². The highest BCUT2D eigenvalue weighted by Crippen LogP contribution is 2.06. The zero-order chi connectivity index (χ0) is 12.8. The summed E-state index contributed by atoms with van der Waals surface area (Å²) in [5, 5.41) is 4.41. The fraction of sp³-hybridized carbons (Fsp3) is 0.800. The van der Waals surface area contributed by atoms with Crippen LogP contribution >= 0.6 is 0 Å². The van der Waals surface area contributed by atoms with E-state index in [-0.39, 0.29) is 6.61 Å². The van der Waals surface area contributed by atoms with E-state index in [9.17, 15) is 9.59 Å². The fourth-order valence-corrected chi connectivity index (χ4v) is 0.769. The number of ether oxygens (including phenoxy) is 1. The molecule has 0 aliphatic carbocycles. The van der Waals surface area contributed by atoms with Gasteiger partial charge in [0.2, 0.25) is 0 Å². The van der Waals surface area contributed by atoms with Crippen molar-refractivity contribution >= 4 is 11.9 Å². The van der Waals surface area contributed by atoms with E-state index >= 15 is 0 Å². The number of urea groups is 1. The van der Waals surface area contributed by atoms with Crippen LogP contribution in [0.4, 0.5) is 4.79 Å². The number of hydrogen-bond donors (Lipinski definition) is 3. The lowest BCUT2D eigenvalue weighted by Crippen LogP contribution is -2.46. The van der Waals surface area contributed by atoms with Gasteiger partial charge in [-0.2, -0.15) is 0 Å². The van der Waals surface area contributed by atoms with E-state index in [0.717, 1.165) is 6.42 Å². The standard InChI is InChI=1S/C10H21N3O3/c1-5-10(3,11)6-16-7(2)8(14)13-9(15)12-4/h7H,5-6,11H2,1-4H3,(H2,12,13,14,15). The lowest BCUT2D eigenvalue weighted by molar-refractivity contribution is -0.131. The highest BCUT2D eigenvalue weighted by atomic mass is 16.5. The largest absolute Gasteiger partial charge is 0.367 e. The number of nitrogens with two attached hydrogens (primary N) is 1. The molecule has 0 aliphatic rings. The SMILES string of the molecule is CCC(C)(N)COC(C)C(=O)NC(=O)NC. The second-order valence-electron chi connectivity index (χ2n) is 4.03. The highest BCUT2D eigenvalue weighted by Gasteiger charge is 2.21. The van der Waals surface area contributed by atoms with Crippen molar-refractivity contribution in [2.24, 2.45) is 5.73 Å². The first-order valence-corrected chi connectivity index (χ1v) is 5.25. The van der Waals surface area contributed by atoms with E-state index in [4.69, 9.17) is 10.5 Å². The molecule has 0 heterocycles. The van der Waals surface area contributed by atoms with Crippen LogP contribution in [0, 0.1) is 0 Å². The van der Waals surface area contributed by atoms with Gasteiger partial charge in [-0.3, -0.25) is 10.1 Å². The zero-order valence-corrected chi connectivity index (χ0v) is 10.3. The molecule has 6 heteroatoms. The van der Waals surface area contributed by atoms with Crippen molar-refractivity contribution in [3.63, 3.8) is 0 Å². The maximum absolute atomic E-state index is 11.4. The van der Waals surface area contributed by atoms with E-state index in [2.05, 4.69) is 10.6 Å². The lowest BCUT2D eigenvalue weighted by Gasteiger charge is -2.24. The Morgan fingerprint density at radius 2 is 2.06 bits per heavy atom. The van der Waals surface area contributed by atoms with Crippen molar-refractivity contribution in [2.45, 2.75) is 38.8 Å². The van der Waals surface area contributed by atoms with Crippen LogP contribution in [0.25, 0.3) is 0 Å². The first-order chi connectivity index (χ1) is 7.32. The smallest absolute Gasteiger partial charge is 0.321 e. The minimum atomic E-state index is -0.702. The van der Waals surface area contributed by atoms with Gasteiger partial charge in [-0.15, -0.1) is 0 Å². The number of rotatable bonds is 5. The number of hydrogen-bond acceptors (Lipinski definition) is 4. The Labute approximate surface area is 95.9 Å². The molecule has 0 radical (unpaired) electrons. The molecular weight excluding hydrogens is 210 g/mol. The van der Waals surface area contributed by atoms with Crippen LogP contribution < -0.4 is 16.4 Å². The Balaban J connectivity index is 4.02. The quantitative estimate of drug-likeness (QED) is 0.619. The predicted molar refractivity (Wildman–Crippen MR) is 60.9 cm³/mol. The van der Waals surface area contributed by atoms with Crippen LogP contribution in [0.1, 0.15) is 27.2 Å². The topological polar surface area (TPSA) is 93.4 Å². The summed E-state index contributed by atoms with van der Waals surface area (Å²) in [4.78, 5) is 22.2. The summed E-state index contributed by atoms with van der Waals surface area (Å²) in [5.41, 5.74) is 5.40. The molecule has 0 aromatic heterocycles. The van der Waals surface area contributed by atoms with Gasteiger partial charge in [-0.1, -0.05) is 6.92 Å². The third-order valence-electron chi connectivity index (χ3n) is 2.30. The van der Waals surface area contributed by atoms with Gasteiger partial charge < -0.3 is 15.8 Å². The van der Waals surface area contributed by atoms with Crippen molar-refractivity contribution in [1.29, 1.82) is 0 Å². The van der Waals surface area contributed by atoms with Gasteiger partial charge in [-0.25, -0.2) is 4.79 Å². The maximum Gasteiger partial charge on any atom is 0.321 e. The van der Waals surface area contributed by atoms with Gasteiger partial charge in [-0.05, 0) is 20.3 Å². The summed E-state index contributed by atoms with van der Waals surface area (Å²) in [6.45, 7) is 5.63. The summed E-state index contributed by atoms with van der Waals surface area (Å²) in [6.07, 6.45) is 0.0447. The number of carbonyl (C=O) groups is 2. The van der Waals surface area contributed by atoms with Crippen molar-refractivity contribution in [2.75, 3.05) is 13.7 Å². The molecular formula is C10H21N3O3. The Hall–Kier alpha value is -1.14. The molecule has 3 amide bonds. The molecule has 0 fully saturated rings. The lowest BCUT2D eigenvalue weighted by atomic mass is 10.0. The van der Waals surface area contributed by atoms with Crippen molar-refractivity contribution in [1.82, 2.24) is 10.6 Å². The molecule has 0 rings (SSSR count). The van der Waals surface area contributed by atoms with Crippen LogP contribution in [-0.4, -0.2) is 37.2 Å². The van der Waals surface area contributed by atoms with E-state index < -0.39 is 23.6 Å². The molecule has 2 unspecified atom stereocenters. The van der Waals surface area contributed by atoms with Crippen LogP contribution in [-0.2, 0) is 9.53 Å². The molecule has 0 spiro atoms. The molecule has 0 aliphatic heterocycles. The second kappa shape index (κ2) is 6.44. The number of carbonyl (C=O) groups excluding carboxylic acids is 2. The zero-order valence-electron chi connectivity index (χ0n) is 10.3. The third kappa shape index (κ3) is 5.67. The van der Waals surface area contributed by atoms with Gasteiger partial charge in [0.25, 0.3) is 5.91 Å². The van der Waals surface area contributed by atoms with Crippen LogP contribution in [0.15, 0.2) is 0 Å². The molecule has 0 saturated carbocycles. The molecule has 0 aromatic carbocycles. The average molecular weight is 231 g/mol. The van der Waals surface area contributed by atoms with E-state index in [0.29, 0.717) is 0 Å². The van der Waals surface area contributed by atoms with E-state index in [1.165, 1.54) is 7.05 Å². The number of amides is 3. The number of nitrogens with one attached hydrogen (secondary N) is 2. The first kappa shape index (κ1) is 14.9. The third-order valence-corrected chi connectivity index (χ3v) is 2.30. The van der Waals surface area contributed by atoms with Crippen LogP contribution in [0.3, 0.4) is 0 Å². The molecule has 4 N–H and O–H groups in total. The molecule has 16 heavy (non-hydrogen) atoms. The molecule has 0 saturated heterocycles. The average Bonchev–Trinajstić information content (AvgIpc) is 2.25. The summed E-state index contributed by atoms with van der Waals surface area (Å²) in [6, 6.07) is -0.550. The summed E-state index contributed by atoms with van der Waals surface area (Å²) < 4.78 is 5.29. The molecule has 0 aromatic rings. The minimum absolute atomic E-state index is 0.270. The van der Waals surface area contributed by atoms with Crippen molar-refractivity contribution < 1.29 is 14.3 Å². The normalized spacial score (nSPS) is 16.1. The van der Waals surface area contributed by atoms with Gasteiger partial charge in [0.15, 0.2) is 0 Å². The van der Waals surface area contributed by atoms with E-state index in [1.807, 2.05) is 13.8 Å². The Bertz CT molecular complexity index is 254. The van der Waals surface area contributed by atoms with Crippen molar-refractivity contribution in [3.05, 3.63) is 0 Å². The first-order valence-electron chi connectivity index (χ1n) is 5.25. The minimum Gasteiger partial charge on any atom is -0.367 e. The Morgan fingerprint density at radius 1 is 1.50 bits per heavy atom. The Morgan fingerprint density at radius 3 is 2.50 bits per heavy atom. The van der Waals surface area contributed by atoms with Crippen LogP contribution in [0.2, 0.25) is 0 Å². The summed E-state index contributed by atoms with van der Waals surface area (Å²) >= 11 is 0. The fourth-order valence-electron chi connectivity index (χ4n) is 0.769. The summed E-state index contributed by atoms with van der Waals surface area (Å²) in [5.74, 6) is -0.480. The van der Waals surface area contributed by atoms with Gasteiger partial charge in [0.1, 0.15) is 6.10 Å². The molecule has 2 atom stereocenters. The van der Waals surface area contributed by atoms with Gasteiger partial charge in [0, 0.05) is 12.6 Å². The highest BCUT2D eigenvalue weighted by molar-refractivity contribution is 5.96. The monoisotopic (exact) mass is 231 g/mol. The molecule has 94 valence electrons. The maximum atomic E-state index is 11.4. The molecule has 0 bridgehead atoms. The summed E-state index contributed by atoms with van der Waals surface area (Å²) in [7, 11) is 1.43. The Kier molecular flexibility index (Phi) is 5.98.